The number of rotatable bonds is 6. The van der Waals surface area contributed by atoms with Gasteiger partial charge in [-0.05, 0) is 43.4 Å². The summed E-state index contributed by atoms with van der Waals surface area (Å²) in [4.78, 5) is 58.6. The van der Waals surface area contributed by atoms with Crippen molar-refractivity contribution < 1.29 is 19.2 Å². The van der Waals surface area contributed by atoms with E-state index < -0.39 is 11.8 Å². The van der Waals surface area contributed by atoms with Crippen LogP contribution in [-0.4, -0.2) is 47.7 Å². The van der Waals surface area contributed by atoms with Gasteiger partial charge in [0.15, 0.2) is 0 Å². The van der Waals surface area contributed by atoms with Crippen LogP contribution in [0.2, 0.25) is 0 Å². The van der Waals surface area contributed by atoms with Gasteiger partial charge in [0, 0.05) is 12.6 Å². The first-order chi connectivity index (χ1) is 18.5. The molecular weight excluding hydrogens is 478 g/mol. The lowest BCUT2D eigenvalue weighted by Crippen LogP contribution is -2.49. The van der Waals surface area contributed by atoms with Crippen molar-refractivity contribution in [3.8, 4) is 0 Å². The molecule has 2 aliphatic carbocycles. The van der Waals surface area contributed by atoms with Gasteiger partial charge in [0.1, 0.15) is 6.54 Å². The minimum Gasteiger partial charge on any atom is -0.310 e. The number of allylic oxidation sites excluding steroid dienone is 2. The summed E-state index contributed by atoms with van der Waals surface area (Å²) in [6, 6.07) is 17.5. The van der Waals surface area contributed by atoms with Gasteiger partial charge in [0.2, 0.25) is 23.6 Å². The Balaban J connectivity index is 1.29. The molecule has 1 saturated heterocycles. The zero-order chi connectivity index (χ0) is 26.2. The van der Waals surface area contributed by atoms with E-state index in [0.29, 0.717) is 24.3 Å². The van der Waals surface area contributed by atoms with Crippen molar-refractivity contribution in [3.63, 3.8) is 0 Å². The summed E-state index contributed by atoms with van der Waals surface area (Å²) in [5.74, 6) is -2.33. The van der Waals surface area contributed by atoms with Crippen LogP contribution in [0, 0.1) is 17.8 Å². The van der Waals surface area contributed by atoms with E-state index in [2.05, 4.69) is 12.1 Å². The van der Waals surface area contributed by atoms with E-state index in [1.807, 2.05) is 47.4 Å². The quantitative estimate of drug-likeness (QED) is 0.554. The summed E-state index contributed by atoms with van der Waals surface area (Å²) < 4.78 is 0. The van der Waals surface area contributed by atoms with Crippen molar-refractivity contribution >= 4 is 35.0 Å². The van der Waals surface area contributed by atoms with E-state index in [0.717, 1.165) is 30.6 Å². The average Bonchev–Trinajstić information content (AvgIpc) is 3.49. The van der Waals surface area contributed by atoms with Crippen LogP contribution in [0.4, 0.5) is 11.4 Å². The summed E-state index contributed by atoms with van der Waals surface area (Å²) in [5, 5.41) is 0. The van der Waals surface area contributed by atoms with Crippen molar-refractivity contribution in [1.82, 2.24) is 4.90 Å². The van der Waals surface area contributed by atoms with Gasteiger partial charge in [0.05, 0.1) is 29.1 Å². The zero-order valence-electron chi connectivity index (χ0n) is 21.2. The van der Waals surface area contributed by atoms with Gasteiger partial charge in [-0.15, -0.1) is 0 Å². The molecule has 2 fully saturated rings. The van der Waals surface area contributed by atoms with Crippen molar-refractivity contribution in [2.45, 2.75) is 38.1 Å². The van der Waals surface area contributed by atoms with E-state index in [1.54, 1.807) is 29.2 Å². The Kier molecular flexibility index (Phi) is 6.44. The molecule has 2 aliphatic heterocycles. The molecule has 2 heterocycles. The Labute approximate surface area is 222 Å². The number of aryl methyl sites for hydroxylation is 1. The van der Waals surface area contributed by atoms with Gasteiger partial charge in [-0.2, -0.15) is 0 Å². The van der Waals surface area contributed by atoms with Gasteiger partial charge >= 0.3 is 0 Å². The first-order valence-corrected chi connectivity index (χ1v) is 13.5. The monoisotopic (exact) mass is 509 g/mol. The molecule has 6 rings (SSSR count). The molecular formula is C31H31N3O4. The molecule has 4 unspecified atom stereocenters. The number of carbonyl (C=O) groups excluding carboxylic acids is 4. The highest BCUT2D eigenvalue weighted by atomic mass is 16.2. The lowest BCUT2D eigenvalue weighted by molar-refractivity contribution is -0.142. The molecule has 0 N–H and O–H groups in total. The Morgan fingerprint density at radius 1 is 0.763 bits per heavy atom. The normalized spacial score (nSPS) is 25.9. The van der Waals surface area contributed by atoms with E-state index in [1.165, 1.54) is 5.56 Å². The summed E-state index contributed by atoms with van der Waals surface area (Å²) in [6.07, 6.45) is 10.9. The molecule has 7 heteroatoms. The van der Waals surface area contributed by atoms with Crippen LogP contribution >= 0.6 is 0 Å². The molecule has 0 aromatic heterocycles. The molecule has 0 spiro atoms. The lowest BCUT2D eigenvalue weighted by atomic mass is 9.91. The predicted octanol–water partition coefficient (Wildman–Crippen LogP) is 3.89. The number of nitrogens with zero attached hydrogens (tertiary/aromatic N) is 3. The van der Waals surface area contributed by atoms with E-state index >= 15 is 0 Å². The van der Waals surface area contributed by atoms with Crippen molar-refractivity contribution in [1.29, 1.82) is 0 Å². The second-order valence-corrected chi connectivity index (χ2v) is 10.5. The van der Waals surface area contributed by atoms with Gasteiger partial charge < -0.3 is 9.80 Å². The summed E-state index contributed by atoms with van der Waals surface area (Å²) in [5.41, 5.74) is 2.62. The number of imide groups is 1. The number of para-hydroxylation sites is 2. The molecule has 2 aromatic carbocycles. The van der Waals surface area contributed by atoms with E-state index in [4.69, 9.17) is 0 Å². The summed E-state index contributed by atoms with van der Waals surface area (Å²) in [6.45, 7) is 0.243. The third-order valence-electron chi connectivity index (χ3n) is 8.32. The predicted molar refractivity (Wildman–Crippen MR) is 144 cm³/mol. The third-order valence-corrected chi connectivity index (χ3v) is 8.32. The third kappa shape index (κ3) is 4.16. The maximum Gasteiger partial charge on any atom is 0.247 e. The molecule has 4 atom stereocenters. The minimum atomic E-state index is -0.544. The van der Waals surface area contributed by atoms with E-state index in [9.17, 15) is 19.2 Å². The second-order valence-electron chi connectivity index (χ2n) is 10.5. The number of amides is 4. The smallest absolute Gasteiger partial charge is 0.247 e. The average molecular weight is 510 g/mol. The highest BCUT2D eigenvalue weighted by Gasteiger charge is 2.49. The van der Waals surface area contributed by atoms with Crippen LogP contribution in [-0.2, 0) is 25.6 Å². The standard InChI is InChI=1S/C31H31N3O4/c35-28(20-33-29(36)22-13-4-5-14-23(22)30(33)37)34-25-18-8-15-24(25)31(38)32(26-16-6-7-17-27(26)34)19-9-12-21-10-2-1-3-11-21/h1-7,10-11,13-14,16-17,22-25H,8-9,12,15,18-20H2. The maximum absolute atomic E-state index is 13.9. The fraction of sp³-hybridized carbons (Fsp3) is 0.355. The Hall–Kier alpha value is -4.00. The highest BCUT2D eigenvalue weighted by molar-refractivity contribution is 6.12. The van der Waals surface area contributed by atoms with Crippen LogP contribution in [0.5, 0.6) is 0 Å². The van der Waals surface area contributed by atoms with Gasteiger partial charge in [-0.1, -0.05) is 73.2 Å². The zero-order valence-corrected chi connectivity index (χ0v) is 21.2. The number of carbonyl (C=O) groups is 4. The lowest BCUT2D eigenvalue weighted by Gasteiger charge is -2.31. The minimum absolute atomic E-state index is 0.0536. The maximum atomic E-state index is 13.9. The molecule has 4 aliphatic rings. The Morgan fingerprint density at radius 3 is 2.13 bits per heavy atom. The van der Waals surface area contributed by atoms with Gasteiger partial charge in [0.25, 0.3) is 0 Å². The topological polar surface area (TPSA) is 78.0 Å². The molecule has 38 heavy (non-hydrogen) atoms. The second kappa shape index (κ2) is 10.0. The molecule has 0 bridgehead atoms. The van der Waals surface area contributed by atoms with Crippen molar-refractivity contribution in [3.05, 3.63) is 84.5 Å². The molecule has 1 saturated carbocycles. The molecule has 0 radical (unpaired) electrons. The fourth-order valence-corrected chi connectivity index (χ4v) is 6.48. The van der Waals surface area contributed by atoms with Crippen LogP contribution in [0.25, 0.3) is 0 Å². The van der Waals surface area contributed by atoms with Crippen molar-refractivity contribution in [2.24, 2.45) is 17.8 Å². The first-order valence-electron chi connectivity index (χ1n) is 13.5. The Bertz CT molecular complexity index is 1300. The van der Waals surface area contributed by atoms with Crippen LogP contribution in [0.1, 0.15) is 31.2 Å². The first kappa shape index (κ1) is 24.3. The van der Waals surface area contributed by atoms with Gasteiger partial charge in [-0.3, -0.25) is 24.1 Å². The summed E-state index contributed by atoms with van der Waals surface area (Å²) >= 11 is 0. The number of anilines is 2. The van der Waals surface area contributed by atoms with Crippen LogP contribution in [0.15, 0.2) is 78.9 Å². The van der Waals surface area contributed by atoms with Gasteiger partial charge in [-0.25, -0.2) is 0 Å². The number of hydrogen-bond donors (Lipinski definition) is 0. The Morgan fingerprint density at radius 2 is 1.42 bits per heavy atom. The van der Waals surface area contributed by atoms with E-state index in [-0.39, 0.29) is 42.1 Å². The highest BCUT2D eigenvalue weighted by Crippen LogP contribution is 2.43. The fourth-order valence-electron chi connectivity index (χ4n) is 6.48. The largest absolute Gasteiger partial charge is 0.310 e. The molecule has 2 aromatic rings. The molecule has 4 amide bonds. The SMILES string of the molecule is O=C1C2C=CC=CC2C(=O)N1CC(=O)N1c2ccccc2N(CCCc2ccccc2)C(=O)C2CCCC21. The van der Waals surface area contributed by atoms with Crippen molar-refractivity contribution in [2.75, 3.05) is 22.9 Å². The number of likely N-dealkylation sites (tertiary alicyclic amines) is 1. The number of fused-ring (bicyclic) bond motifs is 3. The molecule has 7 nitrogen and oxygen atoms in total. The number of hydrogen-bond acceptors (Lipinski definition) is 4. The number of benzene rings is 2. The van der Waals surface area contributed by atoms with Crippen LogP contribution < -0.4 is 9.80 Å². The van der Waals surface area contributed by atoms with Crippen LogP contribution in [0.3, 0.4) is 0 Å². The summed E-state index contributed by atoms with van der Waals surface area (Å²) in [7, 11) is 0. The molecule has 194 valence electrons.